The number of rotatable bonds is 3. The number of nitrogens with one attached hydrogen (secondary N) is 1. The summed E-state index contributed by atoms with van der Waals surface area (Å²) in [7, 11) is 0. The lowest BCUT2D eigenvalue weighted by molar-refractivity contribution is -0.152. The average molecular weight is 389 g/mol. The maximum absolute atomic E-state index is 13.2. The lowest BCUT2D eigenvalue weighted by Crippen LogP contribution is -2.57. The second kappa shape index (κ2) is 5.96. The minimum atomic E-state index is -0.303. The van der Waals surface area contributed by atoms with Crippen LogP contribution in [0.5, 0.6) is 0 Å². The lowest BCUT2D eigenvalue weighted by atomic mass is 9.49. The molecule has 5 fully saturated rings. The monoisotopic (exact) mass is 388 g/mol. The molecule has 5 aliphatic rings. The molecule has 4 bridgehead atoms. The number of hydrogen-bond donors (Lipinski definition) is 1. The first kappa shape index (κ1) is 16.6. The first-order valence-electron chi connectivity index (χ1n) is 9.15. The molecule has 136 valence electrons. The molecule has 0 spiro atoms. The molecule has 0 unspecified atom stereocenters. The van der Waals surface area contributed by atoms with Crippen LogP contribution in [0, 0.1) is 23.2 Å². The molecule has 2 amide bonds. The highest BCUT2D eigenvalue weighted by Gasteiger charge is 2.55. The quantitative estimate of drug-likeness (QED) is 0.631. The van der Waals surface area contributed by atoms with Crippen molar-refractivity contribution < 1.29 is 14.0 Å². The van der Waals surface area contributed by atoms with Crippen molar-refractivity contribution in [1.29, 1.82) is 0 Å². The van der Waals surface area contributed by atoms with Crippen molar-refractivity contribution in [1.82, 2.24) is 10.4 Å². The van der Waals surface area contributed by atoms with Gasteiger partial charge >= 0.3 is 0 Å². The fourth-order valence-corrected chi connectivity index (χ4v) is 6.84. The molecule has 1 saturated heterocycles. The van der Waals surface area contributed by atoms with E-state index >= 15 is 0 Å². The second-order valence-corrected chi connectivity index (χ2v) is 9.85. The van der Waals surface area contributed by atoms with E-state index < -0.39 is 0 Å². The van der Waals surface area contributed by atoms with E-state index in [-0.39, 0.29) is 17.2 Å². The second-order valence-electron chi connectivity index (χ2n) is 8.17. The van der Waals surface area contributed by atoms with Gasteiger partial charge in [0.2, 0.25) is 5.91 Å². The normalized spacial score (nSPS) is 37.0. The Hall–Kier alpha value is -1.60. The third kappa shape index (κ3) is 2.63. The third-order valence-corrected chi connectivity index (χ3v) is 7.65. The molecule has 1 aromatic heterocycles. The topological polar surface area (TPSA) is 62.6 Å². The van der Waals surface area contributed by atoms with Gasteiger partial charge < -0.3 is 4.42 Å². The van der Waals surface area contributed by atoms with Crippen LogP contribution in [-0.4, -0.2) is 21.1 Å². The Morgan fingerprint density at radius 3 is 2.50 bits per heavy atom. The van der Waals surface area contributed by atoms with E-state index in [1.54, 1.807) is 24.5 Å². The van der Waals surface area contributed by atoms with Crippen LogP contribution in [-0.2, 0) is 9.59 Å². The number of carbonyl (C=O) groups is 2. The summed E-state index contributed by atoms with van der Waals surface area (Å²) in [6, 6.07) is 3.54. The van der Waals surface area contributed by atoms with Crippen molar-refractivity contribution in [2.45, 2.75) is 38.5 Å². The fraction of sp³-hybridized carbons (Fsp3) is 0.526. The zero-order valence-corrected chi connectivity index (χ0v) is 15.9. The fourth-order valence-electron chi connectivity index (χ4n) is 5.68. The summed E-state index contributed by atoms with van der Waals surface area (Å²) in [6.07, 6.45) is 9.93. The predicted octanol–water partition coefficient (Wildman–Crippen LogP) is 3.73. The van der Waals surface area contributed by atoms with Gasteiger partial charge in [-0.25, -0.2) is 0 Å². The van der Waals surface area contributed by atoms with Crippen molar-refractivity contribution in [3.8, 4) is 0 Å². The van der Waals surface area contributed by atoms with Crippen LogP contribution in [0.2, 0.25) is 0 Å². The van der Waals surface area contributed by atoms with Crippen LogP contribution in [0.25, 0.3) is 6.08 Å². The van der Waals surface area contributed by atoms with Gasteiger partial charge in [0.15, 0.2) is 4.32 Å². The highest BCUT2D eigenvalue weighted by Crippen LogP contribution is 2.60. The molecule has 1 aromatic rings. The van der Waals surface area contributed by atoms with Crippen LogP contribution in [0.4, 0.5) is 0 Å². The number of furan rings is 1. The zero-order chi connectivity index (χ0) is 17.9. The summed E-state index contributed by atoms with van der Waals surface area (Å²) in [5.74, 6) is 2.32. The Morgan fingerprint density at radius 1 is 1.27 bits per heavy atom. The summed E-state index contributed by atoms with van der Waals surface area (Å²) in [5, 5.41) is 1.25. The van der Waals surface area contributed by atoms with Gasteiger partial charge in [-0.15, -0.1) is 0 Å². The number of hydrogen-bond acceptors (Lipinski definition) is 5. The Labute approximate surface area is 161 Å². The summed E-state index contributed by atoms with van der Waals surface area (Å²) < 4.78 is 5.64. The molecule has 1 aliphatic heterocycles. The van der Waals surface area contributed by atoms with Crippen molar-refractivity contribution in [2.75, 3.05) is 0 Å². The molecular formula is C19H20N2O3S2. The zero-order valence-electron chi connectivity index (χ0n) is 14.3. The van der Waals surface area contributed by atoms with E-state index in [2.05, 4.69) is 5.43 Å². The maximum atomic E-state index is 13.2. The predicted molar refractivity (Wildman–Crippen MR) is 102 cm³/mol. The van der Waals surface area contributed by atoms with Crippen LogP contribution in [0.1, 0.15) is 44.3 Å². The molecule has 2 heterocycles. The standard InChI is InChI=1S/C19H20N2O3S2/c22-16-15(7-14-2-1-3-24-14)26-18(25)21(16)20-17(23)19-8-11-4-12(9-19)6-13(5-11)10-19/h1-3,7,11-13H,4-6,8-10H2,(H,20,23)/b15-7+. The van der Waals surface area contributed by atoms with E-state index in [9.17, 15) is 9.59 Å². The summed E-state index contributed by atoms with van der Waals surface area (Å²) in [6.45, 7) is 0. The van der Waals surface area contributed by atoms with Gasteiger partial charge in [0.25, 0.3) is 5.91 Å². The highest BCUT2D eigenvalue weighted by molar-refractivity contribution is 8.26. The number of thioether (sulfide) groups is 1. The number of hydrazine groups is 1. The lowest BCUT2D eigenvalue weighted by Gasteiger charge is -2.55. The SMILES string of the molecule is O=C1/C(=C\c2ccco2)SC(=S)N1NC(=O)C12CC3CC(CC(C3)C1)C2. The van der Waals surface area contributed by atoms with Crippen LogP contribution in [0.3, 0.4) is 0 Å². The maximum Gasteiger partial charge on any atom is 0.285 e. The molecule has 0 aromatic carbocycles. The average Bonchev–Trinajstić information content (AvgIpc) is 3.18. The molecule has 6 rings (SSSR count). The summed E-state index contributed by atoms with van der Waals surface area (Å²) in [5.41, 5.74) is 2.55. The first-order chi connectivity index (χ1) is 12.5. The van der Waals surface area contributed by atoms with Gasteiger partial charge in [-0.2, -0.15) is 5.01 Å². The molecule has 0 atom stereocenters. The van der Waals surface area contributed by atoms with Gasteiger partial charge in [-0.1, -0.05) is 11.8 Å². The van der Waals surface area contributed by atoms with Crippen molar-refractivity contribution in [3.63, 3.8) is 0 Å². The van der Waals surface area contributed by atoms with Crippen molar-refractivity contribution >= 4 is 46.2 Å². The molecule has 5 nitrogen and oxygen atoms in total. The van der Waals surface area contributed by atoms with Crippen molar-refractivity contribution in [3.05, 3.63) is 29.1 Å². The van der Waals surface area contributed by atoms with Crippen molar-refractivity contribution in [2.24, 2.45) is 23.2 Å². The Bertz CT molecular complexity index is 779. The van der Waals surface area contributed by atoms with E-state index in [0.29, 0.717) is 32.7 Å². The minimum absolute atomic E-state index is 0.0212. The Kier molecular flexibility index (Phi) is 3.79. The highest BCUT2D eigenvalue weighted by atomic mass is 32.2. The van der Waals surface area contributed by atoms with Gasteiger partial charge in [0.05, 0.1) is 16.6 Å². The van der Waals surface area contributed by atoms with E-state index in [4.69, 9.17) is 16.6 Å². The number of carbonyl (C=O) groups excluding carboxylic acids is 2. The van der Waals surface area contributed by atoms with Crippen LogP contribution >= 0.6 is 24.0 Å². The van der Waals surface area contributed by atoms with Gasteiger partial charge in [0.1, 0.15) is 5.76 Å². The van der Waals surface area contributed by atoms with Crippen LogP contribution in [0.15, 0.2) is 27.7 Å². The molecule has 0 radical (unpaired) electrons. The Balaban J connectivity index is 1.34. The third-order valence-electron chi connectivity index (χ3n) is 6.34. The number of amides is 2. The molecular weight excluding hydrogens is 368 g/mol. The molecule has 4 aliphatic carbocycles. The summed E-state index contributed by atoms with van der Waals surface area (Å²) >= 11 is 6.53. The Morgan fingerprint density at radius 2 is 1.92 bits per heavy atom. The van der Waals surface area contributed by atoms with Gasteiger partial charge in [-0.05, 0) is 80.6 Å². The molecule has 4 saturated carbocycles. The van der Waals surface area contributed by atoms with Crippen LogP contribution < -0.4 is 5.43 Å². The van der Waals surface area contributed by atoms with Gasteiger partial charge in [0, 0.05) is 6.08 Å². The van der Waals surface area contributed by atoms with E-state index in [1.165, 1.54) is 36.0 Å². The number of nitrogens with zero attached hydrogens (tertiary/aromatic N) is 1. The molecule has 7 heteroatoms. The minimum Gasteiger partial charge on any atom is -0.465 e. The first-order valence-corrected chi connectivity index (χ1v) is 10.4. The van der Waals surface area contributed by atoms with E-state index in [0.717, 1.165) is 19.3 Å². The molecule has 1 N–H and O–H groups in total. The van der Waals surface area contributed by atoms with Gasteiger partial charge in [-0.3, -0.25) is 15.0 Å². The largest absolute Gasteiger partial charge is 0.465 e. The summed E-state index contributed by atoms with van der Waals surface area (Å²) in [4.78, 5) is 26.3. The van der Waals surface area contributed by atoms with E-state index in [1.807, 2.05) is 0 Å². The molecule has 26 heavy (non-hydrogen) atoms. The number of thiocarbonyl (C=S) groups is 1. The smallest absolute Gasteiger partial charge is 0.285 e.